The minimum atomic E-state index is 1.12. The normalized spacial score (nSPS) is 11.5. The van der Waals surface area contributed by atoms with Crippen molar-refractivity contribution in [1.29, 1.82) is 0 Å². The fourth-order valence-corrected chi connectivity index (χ4v) is 6.41. The van der Waals surface area contributed by atoms with Crippen LogP contribution in [0.4, 0.5) is 17.1 Å². The second kappa shape index (κ2) is 11.6. The molecule has 0 bridgehead atoms. The molecule has 1 heteroatoms. The Bertz CT molecular complexity index is 1980. The van der Waals surface area contributed by atoms with Gasteiger partial charge >= 0.3 is 0 Å². The van der Waals surface area contributed by atoms with E-state index >= 15 is 0 Å². The molecule has 0 spiro atoms. The lowest BCUT2D eigenvalue weighted by Crippen LogP contribution is -2.09. The Kier molecular flexibility index (Phi) is 6.90. The van der Waals surface area contributed by atoms with Crippen LogP contribution in [0.1, 0.15) is 16.7 Å². The fourth-order valence-electron chi connectivity index (χ4n) is 6.41. The Labute approximate surface area is 265 Å². The van der Waals surface area contributed by atoms with Crippen molar-refractivity contribution in [3.63, 3.8) is 0 Å². The number of fused-ring (bicyclic) bond motifs is 3. The van der Waals surface area contributed by atoms with Crippen LogP contribution in [-0.4, -0.2) is 0 Å². The van der Waals surface area contributed by atoms with E-state index in [9.17, 15) is 0 Å². The number of rotatable bonds is 6. The van der Waals surface area contributed by atoms with Gasteiger partial charge in [-0.2, -0.15) is 0 Å². The molecule has 0 radical (unpaired) electrons. The van der Waals surface area contributed by atoms with E-state index in [1.54, 1.807) is 0 Å². The van der Waals surface area contributed by atoms with E-state index in [1.165, 1.54) is 55.6 Å². The summed E-state index contributed by atoms with van der Waals surface area (Å²) in [6, 6.07) is 65.2. The average molecular weight is 574 g/mol. The standard InChI is InChI=1S/C44H31N/c1-3-11-33(12-4-1)35-21-27-38(28-22-35)45(39-29-23-36(24-30-39)34-13-5-2-6-14-34)37-25-19-32(20-26-37)31-44-42-17-9-7-15-40(42)41-16-8-10-18-43(41)44/h1-31H. The molecule has 0 unspecified atom stereocenters. The van der Waals surface area contributed by atoms with Crippen molar-refractivity contribution in [2.75, 3.05) is 4.90 Å². The van der Waals surface area contributed by atoms with Crippen molar-refractivity contribution in [2.24, 2.45) is 0 Å². The van der Waals surface area contributed by atoms with Crippen molar-refractivity contribution >= 4 is 28.7 Å². The molecule has 0 N–H and O–H groups in total. The summed E-state index contributed by atoms with van der Waals surface area (Å²) in [6.45, 7) is 0. The van der Waals surface area contributed by atoms with Crippen molar-refractivity contribution in [3.05, 3.63) is 199 Å². The summed E-state index contributed by atoms with van der Waals surface area (Å²) in [7, 11) is 0. The second-order valence-electron chi connectivity index (χ2n) is 11.4. The molecule has 7 aromatic carbocycles. The third kappa shape index (κ3) is 5.15. The van der Waals surface area contributed by atoms with E-state index < -0.39 is 0 Å². The van der Waals surface area contributed by atoms with Gasteiger partial charge in [-0.15, -0.1) is 0 Å². The zero-order valence-corrected chi connectivity index (χ0v) is 24.8. The number of anilines is 3. The van der Waals surface area contributed by atoms with E-state index in [2.05, 4.69) is 193 Å². The number of nitrogens with zero attached hydrogens (tertiary/aromatic N) is 1. The lowest BCUT2D eigenvalue weighted by Gasteiger charge is -2.26. The Morgan fingerprint density at radius 1 is 0.289 bits per heavy atom. The summed E-state index contributed by atoms with van der Waals surface area (Å²) < 4.78 is 0. The first kappa shape index (κ1) is 26.7. The molecule has 1 aliphatic carbocycles. The molecular weight excluding hydrogens is 542 g/mol. The van der Waals surface area contributed by atoms with E-state index in [0.717, 1.165) is 17.1 Å². The second-order valence-corrected chi connectivity index (χ2v) is 11.4. The Hall–Kier alpha value is -5.92. The molecule has 0 aliphatic heterocycles. The monoisotopic (exact) mass is 573 g/mol. The highest BCUT2D eigenvalue weighted by atomic mass is 15.1. The minimum absolute atomic E-state index is 1.12. The maximum absolute atomic E-state index is 2.33. The van der Waals surface area contributed by atoms with Gasteiger partial charge in [0.2, 0.25) is 0 Å². The highest BCUT2D eigenvalue weighted by Gasteiger charge is 2.22. The highest BCUT2D eigenvalue weighted by Crippen LogP contribution is 2.45. The van der Waals surface area contributed by atoms with Gasteiger partial charge in [-0.1, -0.05) is 146 Å². The van der Waals surface area contributed by atoms with Gasteiger partial charge < -0.3 is 4.90 Å². The van der Waals surface area contributed by atoms with Crippen LogP contribution < -0.4 is 4.90 Å². The molecule has 0 amide bonds. The lowest BCUT2D eigenvalue weighted by atomic mass is 10.0. The van der Waals surface area contributed by atoms with E-state index in [4.69, 9.17) is 0 Å². The first-order valence-corrected chi connectivity index (χ1v) is 15.4. The molecular formula is C44H31N. The molecule has 1 aliphatic rings. The van der Waals surface area contributed by atoms with Crippen molar-refractivity contribution in [2.45, 2.75) is 0 Å². The Balaban J connectivity index is 1.17. The molecule has 7 aromatic rings. The molecule has 0 saturated carbocycles. The third-order valence-corrected chi connectivity index (χ3v) is 8.65. The first-order valence-electron chi connectivity index (χ1n) is 15.4. The summed E-state index contributed by atoms with van der Waals surface area (Å²) in [5, 5.41) is 0. The fraction of sp³-hybridized carbons (Fsp3) is 0. The molecule has 1 nitrogen and oxygen atoms in total. The van der Waals surface area contributed by atoms with Gasteiger partial charge in [0.05, 0.1) is 0 Å². The average Bonchev–Trinajstić information content (AvgIpc) is 3.44. The summed E-state index contributed by atoms with van der Waals surface area (Å²) in [5.74, 6) is 0. The first-order chi connectivity index (χ1) is 22.3. The van der Waals surface area contributed by atoms with Gasteiger partial charge in [0.1, 0.15) is 0 Å². The van der Waals surface area contributed by atoms with Crippen LogP contribution in [0, 0.1) is 0 Å². The number of benzene rings is 7. The largest absolute Gasteiger partial charge is 0.311 e. The predicted octanol–water partition coefficient (Wildman–Crippen LogP) is 12.1. The molecule has 0 aromatic heterocycles. The quantitative estimate of drug-likeness (QED) is 0.191. The lowest BCUT2D eigenvalue weighted by molar-refractivity contribution is 1.28. The third-order valence-electron chi connectivity index (χ3n) is 8.65. The summed E-state index contributed by atoms with van der Waals surface area (Å²) in [5.41, 5.74) is 15.9. The molecule has 0 saturated heterocycles. The van der Waals surface area contributed by atoms with Gasteiger partial charge in [-0.05, 0) is 98.1 Å². The van der Waals surface area contributed by atoms with Gasteiger partial charge in [0, 0.05) is 17.1 Å². The van der Waals surface area contributed by atoms with Crippen molar-refractivity contribution in [3.8, 4) is 33.4 Å². The molecule has 0 fully saturated rings. The smallest absolute Gasteiger partial charge is 0.0462 e. The van der Waals surface area contributed by atoms with Crippen LogP contribution in [0.5, 0.6) is 0 Å². The minimum Gasteiger partial charge on any atom is -0.311 e. The number of hydrogen-bond acceptors (Lipinski definition) is 1. The molecule has 0 atom stereocenters. The highest BCUT2D eigenvalue weighted by molar-refractivity contribution is 6.06. The maximum Gasteiger partial charge on any atom is 0.0462 e. The molecule has 0 heterocycles. The Morgan fingerprint density at radius 3 is 1.04 bits per heavy atom. The number of hydrogen-bond donors (Lipinski definition) is 0. The van der Waals surface area contributed by atoms with E-state index in [1.807, 2.05) is 0 Å². The summed E-state index contributed by atoms with van der Waals surface area (Å²) in [6.07, 6.45) is 2.32. The van der Waals surface area contributed by atoms with Crippen LogP contribution in [0.3, 0.4) is 0 Å². The summed E-state index contributed by atoms with van der Waals surface area (Å²) >= 11 is 0. The summed E-state index contributed by atoms with van der Waals surface area (Å²) in [4.78, 5) is 2.33. The van der Waals surface area contributed by atoms with Crippen LogP contribution in [0.25, 0.3) is 45.0 Å². The van der Waals surface area contributed by atoms with Gasteiger partial charge in [0.25, 0.3) is 0 Å². The Morgan fingerprint density at radius 2 is 0.622 bits per heavy atom. The van der Waals surface area contributed by atoms with Crippen LogP contribution in [-0.2, 0) is 0 Å². The molecule has 212 valence electrons. The van der Waals surface area contributed by atoms with Crippen molar-refractivity contribution in [1.82, 2.24) is 0 Å². The van der Waals surface area contributed by atoms with E-state index in [0.29, 0.717) is 0 Å². The topological polar surface area (TPSA) is 3.24 Å². The van der Waals surface area contributed by atoms with Crippen LogP contribution in [0.2, 0.25) is 0 Å². The maximum atomic E-state index is 2.33. The zero-order chi connectivity index (χ0) is 30.0. The molecule has 45 heavy (non-hydrogen) atoms. The predicted molar refractivity (Wildman–Crippen MR) is 191 cm³/mol. The van der Waals surface area contributed by atoms with Gasteiger partial charge in [-0.3, -0.25) is 0 Å². The van der Waals surface area contributed by atoms with Crippen molar-refractivity contribution < 1.29 is 0 Å². The van der Waals surface area contributed by atoms with Crippen LogP contribution >= 0.6 is 0 Å². The van der Waals surface area contributed by atoms with Gasteiger partial charge in [0.15, 0.2) is 0 Å². The SMILES string of the molecule is C(=C1c2ccccc2-c2ccccc21)c1ccc(N(c2ccc(-c3ccccc3)cc2)c2ccc(-c3ccccc3)cc2)cc1. The van der Waals surface area contributed by atoms with E-state index in [-0.39, 0.29) is 0 Å². The van der Waals surface area contributed by atoms with Crippen LogP contribution in [0.15, 0.2) is 182 Å². The van der Waals surface area contributed by atoms with Gasteiger partial charge in [-0.25, -0.2) is 0 Å². The zero-order valence-electron chi connectivity index (χ0n) is 24.8. The molecule has 8 rings (SSSR count).